The van der Waals surface area contributed by atoms with Crippen molar-refractivity contribution in [3.8, 4) is 5.75 Å². The molecule has 160 valence electrons. The average Bonchev–Trinajstić information content (AvgIpc) is 2.75. The molecule has 0 aliphatic carbocycles. The zero-order valence-corrected chi connectivity index (χ0v) is 17.1. The fourth-order valence-corrected chi connectivity index (χ4v) is 2.69. The molecule has 0 aliphatic rings. The van der Waals surface area contributed by atoms with E-state index < -0.39 is 23.5 Å². The van der Waals surface area contributed by atoms with E-state index >= 15 is 0 Å². The second kappa shape index (κ2) is 11.5. The zero-order chi connectivity index (χ0) is 21.9. The number of hydrogen-bond donors (Lipinski definition) is 2. The smallest absolute Gasteiger partial charge is 0.257 e. The Morgan fingerprint density at radius 1 is 1.03 bits per heavy atom. The fourth-order valence-electron chi connectivity index (χ4n) is 2.69. The molecule has 0 radical (unpaired) electrons. The largest absolute Gasteiger partial charge is 0.497 e. The van der Waals surface area contributed by atoms with Crippen LogP contribution in [0.2, 0.25) is 0 Å². The monoisotopic (exact) mass is 415 g/mol. The number of halogens is 1. The average molecular weight is 415 g/mol. The van der Waals surface area contributed by atoms with E-state index in [1.807, 2.05) is 6.92 Å². The quantitative estimate of drug-likeness (QED) is 0.625. The number of carbonyl (C=O) groups is 3. The molecule has 3 amide bonds. The van der Waals surface area contributed by atoms with Crippen molar-refractivity contribution in [3.05, 3.63) is 59.9 Å². The molecule has 0 unspecified atom stereocenters. The van der Waals surface area contributed by atoms with Crippen molar-refractivity contribution in [2.45, 2.75) is 19.8 Å². The lowest BCUT2D eigenvalue weighted by molar-refractivity contribution is -0.124. The van der Waals surface area contributed by atoms with Gasteiger partial charge in [-0.25, -0.2) is 4.39 Å². The molecule has 7 nitrogen and oxygen atoms in total. The third-order valence-electron chi connectivity index (χ3n) is 4.33. The lowest BCUT2D eigenvalue weighted by atomic mass is 10.1. The Bertz CT molecular complexity index is 871. The van der Waals surface area contributed by atoms with Gasteiger partial charge >= 0.3 is 0 Å². The molecule has 0 fully saturated rings. The molecule has 0 spiro atoms. The maximum Gasteiger partial charge on any atom is 0.257 e. The Morgan fingerprint density at radius 3 is 2.37 bits per heavy atom. The molecule has 2 aromatic carbocycles. The van der Waals surface area contributed by atoms with E-state index in [2.05, 4.69) is 10.6 Å². The van der Waals surface area contributed by atoms with E-state index in [4.69, 9.17) is 4.74 Å². The Kier molecular flexibility index (Phi) is 8.80. The Morgan fingerprint density at radius 2 is 1.73 bits per heavy atom. The molecule has 2 N–H and O–H groups in total. The predicted octanol–water partition coefficient (Wildman–Crippen LogP) is 2.83. The van der Waals surface area contributed by atoms with Gasteiger partial charge in [-0.3, -0.25) is 14.4 Å². The Labute approximate surface area is 175 Å². The summed E-state index contributed by atoms with van der Waals surface area (Å²) in [4.78, 5) is 38.3. The lowest BCUT2D eigenvalue weighted by Crippen LogP contribution is -2.43. The summed E-state index contributed by atoms with van der Waals surface area (Å²) in [7, 11) is 1.55. The molecule has 0 atom stereocenters. The number of methoxy groups -OCH3 is 1. The normalized spacial score (nSPS) is 10.2. The van der Waals surface area contributed by atoms with Gasteiger partial charge in [0, 0.05) is 12.2 Å². The number of amides is 3. The summed E-state index contributed by atoms with van der Waals surface area (Å²) in [5.74, 6) is -1.44. The second-order valence-electron chi connectivity index (χ2n) is 6.61. The summed E-state index contributed by atoms with van der Waals surface area (Å²) < 4.78 is 19.0. The van der Waals surface area contributed by atoms with Crippen molar-refractivity contribution < 1.29 is 23.5 Å². The number of rotatable bonds is 10. The lowest BCUT2D eigenvalue weighted by Gasteiger charge is -2.22. The van der Waals surface area contributed by atoms with E-state index in [-0.39, 0.29) is 18.7 Å². The van der Waals surface area contributed by atoms with Crippen LogP contribution in [0.4, 0.5) is 10.1 Å². The number of anilines is 1. The number of nitrogens with zero attached hydrogens (tertiary/aromatic N) is 1. The van der Waals surface area contributed by atoms with Crippen molar-refractivity contribution in [2.75, 3.05) is 32.1 Å². The fraction of sp³-hybridized carbons (Fsp3) is 0.318. The SMILES string of the molecule is CCCCN(CC(=O)NCC(=O)Nc1ccc(OC)cc1)C(=O)c1ccccc1F. The molecular formula is C22H26FN3O4. The molecule has 30 heavy (non-hydrogen) atoms. The van der Waals surface area contributed by atoms with Crippen LogP contribution in [0.3, 0.4) is 0 Å². The van der Waals surface area contributed by atoms with Crippen molar-refractivity contribution in [1.82, 2.24) is 10.2 Å². The van der Waals surface area contributed by atoms with Gasteiger partial charge in [-0.15, -0.1) is 0 Å². The van der Waals surface area contributed by atoms with Crippen LogP contribution in [0.5, 0.6) is 5.75 Å². The first-order valence-corrected chi connectivity index (χ1v) is 9.69. The number of ether oxygens (including phenoxy) is 1. The molecule has 8 heteroatoms. The van der Waals surface area contributed by atoms with Gasteiger partial charge in [0.25, 0.3) is 5.91 Å². The number of hydrogen-bond acceptors (Lipinski definition) is 4. The summed E-state index contributed by atoms with van der Waals surface area (Å²) >= 11 is 0. The van der Waals surface area contributed by atoms with Crippen molar-refractivity contribution in [2.24, 2.45) is 0 Å². The number of benzene rings is 2. The van der Waals surface area contributed by atoms with Crippen LogP contribution in [0.25, 0.3) is 0 Å². The minimum atomic E-state index is -0.636. The standard InChI is InChI=1S/C22H26FN3O4/c1-3-4-13-26(22(29)18-7-5-6-8-19(18)23)15-21(28)24-14-20(27)25-16-9-11-17(30-2)12-10-16/h5-12H,3-4,13-15H2,1-2H3,(H,24,28)(H,25,27). The van der Waals surface area contributed by atoms with E-state index in [0.29, 0.717) is 24.4 Å². The summed E-state index contributed by atoms with van der Waals surface area (Å²) in [5.41, 5.74) is 0.480. The van der Waals surface area contributed by atoms with Crippen molar-refractivity contribution >= 4 is 23.4 Å². The molecule has 2 aromatic rings. The molecule has 0 bridgehead atoms. The van der Waals surface area contributed by atoms with E-state index in [1.54, 1.807) is 37.4 Å². The first kappa shape index (κ1) is 22.9. The van der Waals surface area contributed by atoms with Gasteiger partial charge in [0.15, 0.2) is 0 Å². The number of carbonyl (C=O) groups excluding carboxylic acids is 3. The van der Waals surface area contributed by atoms with Gasteiger partial charge in [-0.2, -0.15) is 0 Å². The van der Waals surface area contributed by atoms with Gasteiger partial charge in [0.1, 0.15) is 11.6 Å². The highest BCUT2D eigenvalue weighted by molar-refractivity contribution is 5.98. The van der Waals surface area contributed by atoms with E-state index in [1.165, 1.54) is 23.1 Å². The summed E-state index contributed by atoms with van der Waals surface area (Å²) in [6, 6.07) is 12.4. The van der Waals surface area contributed by atoms with Crippen LogP contribution in [0.15, 0.2) is 48.5 Å². The van der Waals surface area contributed by atoms with E-state index in [0.717, 1.165) is 6.42 Å². The molecule has 0 saturated heterocycles. The number of unbranched alkanes of at least 4 members (excludes halogenated alkanes) is 1. The highest BCUT2D eigenvalue weighted by Crippen LogP contribution is 2.14. The second-order valence-corrected chi connectivity index (χ2v) is 6.61. The maximum atomic E-state index is 14.0. The molecule has 0 aliphatic heterocycles. The maximum absolute atomic E-state index is 14.0. The van der Waals surface area contributed by atoms with Crippen LogP contribution in [-0.4, -0.2) is 49.4 Å². The van der Waals surface area contributed by atoms with Crippen molar-refractivity contribution in [1.29, 1.82) is 0 Å². The molecule has 0 aromatic heterocycles. The van der Waals surface area contributed by atoms with E-state index in [9.17, 15) is 18.8 Å². The van der Waals surface area contributed by atoms with Crippen LogP contribution >= 0.6 is 0 Å². The van der Waals surface area contributed by atoms with Gasteiger partial charge in [0.2, 0.25) is 11.8 Å². The third kappa shape index (κ3) is 6.88. The van der Waals surface area contributed by atoms with Crippen LogP contribution in [-0.2, 0) is 9.59 Å². The first-order valence-electron chi connectivity index (χ1n) is 9.69. The number of nitrogens with one attached hydrogen (secondary N) is 2. The highest BCUT2D eigenvalue weighted by atomic mass is 19.1. The molecule has 2 rings (SSSR count). The summed E-state index contributed by atoms with van der Waals surface area (Å²) in [5, 5.41) is 5.14. The third-order valence-corrected chi connectivity index (χ3v) is 4.33. The predicted molar refractivity (Wildman–Crippen MR) is 112 cm³/mol. The van der Waals surface area contributed by atoms with Gasteiger partial charge in [-0.05, 0) is 42.8 Å². The minimum absolute atomic E-state index is 0.0846. The van der Waals surface area contributed by atoms with Crippen LogP contribution < -0.4 is 15.4 Å². The topological polar surface area (TPSA) is 87.7 Å². The first-order chi connectivity index (χ1) is 14.4. The molecule has 0 heterocycles. The minimum Gasteiger partial charge on any atom is -0.497 e. The Hall–Kier alpha value is -3.42. The summed E-state index contributed by atoms with van der Waals surface area (Å²) in [6.07, 6.45) is 1.48. The molecular weight excluding hydrogens is 389 g/mol. The zero-order valence-electron chi connectivity index (χ0n) is 17.1. The Balaban J connectivity index is 1.90. The van der Waals surface area contributed by atoms with Gasteiger partial charge in [-0.1, -0.05) is 25.5 Å². The van der Waals surface area contributed by atoms with Gasteiger partial charge < -0.3 is 20.3 Å². The van der Waals surface area contributed by atoms with Gasteiger partial charge in [0.05, 0.1) is 25.8 Å². The molecule has 0 saturated carbocycles. The van der Waals surface area contributed by atoms with Crippen LogP contribution in [0, 0.1) is 5.82 Å². The van der Waals surface area contributed by atoms with Crippen LogP contribution in [0.1, 0.15) is 30.1 Å². The van der Waals surface area contributed by atoms with Crippen molar-refractivity contribution in [3.63, 3.8) is 0 Å². The highest BCUT2D eigenvalue weighted by Gasteiger charge is 2.21. The summed E-state index contributed by atoms with van der Waals surface area (Å²) in [6.45, 7) is 1.76.